The topological polar surface area (TPSA) is 39.1 Å². The van der Waals surface area contributed by atoms with Gasteiger partial charge in [-0.1, -0.05) is 12.1 Å². The van der Waals surface area contributed by atoms with Crippen LogP contribution in [0.3, 0.4) is 0 Å². The Labute approximate surface area is 126 Å². The molecule has 0 fully saturated rings. The molecule has 1 heterocycles. The SMILES string of the molecule is CCOc1ccc(CNc2nn(CC)cc2C)cc1.Cl. The molecule has 1 N–H and O–H groups in total. The van der Waals surface area contributed by atoms with Crippen molar-refractivity contribution < 1.29 is 4.74 Å². The van der Waals surface area contributed by atoms with Gasteiger partial charge in [-0.3, -0.25) is 4.68 Å². The van der Waals surface area contributed by atoms with Gasteiger partial charge in [-0.15, -0.1) is 12.4 Å². The molecule has 0 radical (unpaired) electrons. The first-order valence-corrected chi connectivity index (χ1v) is 6.72. The van der Waals surface area contributed by atoms with Crippen LogP contribution in [-0.4, -0.2) is 16.4 Å². The minimum absolute atomic E-state index is 0. The van der Waals surface area contributed by atoms with Gasteiger partial charge in [0.25, 0.3) is 0 Å². The number of halogens is 1. The quantitative estimate of drug-likeness (QED) is 0.884. The molecule has 0 saturated heterocycles. The number of nitrogens with one attached hydrogen (secondary N) is 1. The highest BCUT2D eigenvalue weighted by atomic mass is 35.5. The molecule has 0 atom stereocenters. The first-order chi connectivity index (χ1) is 9.22. The fourth-order valence-corrected chi connectivity index (χ4v) is 1.91. The van der Waals surface area contributed by atoms with E-state index in [1.165, 1.54) is 11.1 Å². The summed E-state index contributed by atoms with van der Waals surface area (Å²) in [6.07, 6.45) is 2.06. The Morgan fingerprint density at radius 3 is 2.45 bits per heavy atom. The van der Waals surface area contributed by atoms with E-state index in [4.69, 9.17) is 4.74 Å². The van der Waals surface area contributed by atoms with Crippen molar-refractivity contribution in [3.8, 4) is 5.75 Å². The number of aryl methyl sites for hydroxylation is 2. The van der Waals surface area contributed by atoms with Gasteiger partial charge < -0.3 is 10.1 Å². The Hall–Kier alpha value is -1.68. The maximum atomic E-state index is 5.42. The molecule has 5 heteroatoms. The largest absolute Gasteiger partial charge is 0.494 e. The molecule has 0 unspecified atom stereocenters. The predicted molar refractivity (Wildman–Crippen MR) is 84.8 cm³/mol. The molecule has 0 spiro atoms. The monoisotopic (exact) mass is 295 g/mol. The van der Waals surface area contributed by atoms with E-state index < -0.39 is 0 Å². The van der Waals surface area contributed by atoms with Crippen molar-refractivity contribution in [1.82, 2.24) is 9.78 Å². The lowest BCUT2D eigenvalue weighted by atomic mass is 10.2. The number of rotatable bonds is 6. The van der Waals surface area contributed by atoms with Crippen LogP contribution in [0.2, 0.25) is 0 Å². The van der Waals surface area contributed by atoms with E-state index in [2.05, 4.69) is 42.6 Å². The molecule has 2 rings (SSSR count). The van der Waals surface area contributed by atoms with Crippen molar-refractivity contribution in [2.75, 3.05) is 11.9 Å². The van der Waals surface area contributed by atoms with Crippen LogP contribution >= 0.6 is 12.4 Å². The minimum Gasteiger partial charge on any atom is -0.494 e. The summed E-state index contributed by atoms with van der Waals surface area (Å²) in [5.74, 6) is 1.87. The number of anilines is 1. The third kappa shape index (κ3) is 4.17. The second kappa shape index (κ2) is 7.80. The third-order valence-corrected chi connectivity index (χ3v) is 2.96. The summed E-state index contributed by atoms with van der Waals surface area (Å²) in [7, 11) is 0. The minimum atomic E-state index is 0. The van der Waals surface area contributed by atoms with E-state index in [9.17, 15) is 0 Å². The summed E-state index contributed by atoms with van der Waals surface area (Å²) < 4.78 is 7.36. The molecule has 1 aromatic heterocycles. The summed E-state index contributed by atoms with van der Waals surface area (Å²) >= 11 is 0. The van der Waals surface area contributed by atoms with Crippen LogP contribution in [0.15, 0.2) is 30.5 Å². The van der Waals surface area contributed by atoms with Crippen LogP contribution in [0.5, 0.6) is 5.75 Å². The molecule has 0 aliphatic rings. The lowest BCUT2D eigenvalue weighted by Gasteiger charge is -2.06. The predicted octanol–water partition coefficient (Wildman–Crippen LogP) is 3.64. The first kappa shape index (κ1) is 16.4. The number of nitrogens with zero attached hydrogens (tertiary/aromatic N) is 2. The maximum Gasteiger partial charge on any atom is 0.151 e. The lowest BCUT2D eigenvalue weighted by Crippen LogP contribution is -2.02. The van der Waals surface area contributed by atoms with Crippen LogP contribution in [0.4, 0.5) is 5.82 Å². The molecular weight excluding hydrogens is 274 g/mol. The van der Waals surface area contributed by atoms with E-state index in [-0.39, 0.29) is 12.4 Å². The van der Waals surface area contributed by atoms with E-state index in [1.54, 1.807) is 0 Å². The number of benzene rings is 1. The molecule has 110 valence electrons. The Kier molecular flexibility index (Phi) is 6.39. The zero-order chi connectivity index (χ0) is 13.7. The average Bonchev–Trinajstić information content (AvgIpc) is 2.79. The highest BCUT2D eigenvalue weighted by molar-refractivity contribution is 5.85. The summed E-state index contributed by atoms with van der Waals surface area (Å²) in [6.45, 7) is 8.51. The Balaban J connectivity index is 0.00000200. The molecule has 0 aliphatic carbocycles. The second-order valence-electron chi connectivity index (χ2n) is 4.45. The van der Waals surface area contributed by atoms with Crippen molar-refractivity contribution in [1.29, 1.82) is 0 Å². The number of hydrogen-bond acceptors (Lipinski definition) is 3. The standard InChI is InChI=1S/C15H21N3O.ClH/c1-4-18-11-12(3)15(17-18)16-10-13-6-8-14(9-7-13)19-5-2;/h6-9,11H,4-5,10H2,1-3H3,(H,16,17);1H. The zero-order valence-corrected chi connectivity index (χ0v) is 13.0. The van der Waals surface area contributed by atoms with Crippen LogP contribution < -0.4 is 10.1 Å². The normalized spacial score (nSPS) is 9.95. The first-order valence-electron chi connectivity index (χ1n) is 6.72. The molecular formula is C15H22ClN3O. The molecule has 2 aromatic rings. The van der Waals surface area contributed by atoms with Crippen LogP contribution in [0.25, 0.3) is 0 Å². The number of ether oxygens (including phenoxy) is 1. The Morgan fingerprint density at radius 2 is 1.90 bits per heavy atom. The molecule has 0 bridgehead atoms. The van der Waals surface area contributed by atoms with Crippen LogP contribution in [0.1, 0.15) is 25.0 Å². The van der Waals surface area contributed by atoms with Gasteiger partial charge in [-0.25, -0.2) is 0 Å². The van der Waals surface area contributed by atoms with Crippen molar-refractivity contribution in [3.63, 3.8) is 0 Å². The summed E-state index contributed by atoms with van der Waals surface area (Å²) in [4.78, 5) is 0. The smallest absolute Gasteiger partial charge is 0.151 e. The summed E-state index contributed by atoms with van der Waals surface area (Å²) in [5, 5.41) is 7.83. The summed E-state index contributed by atoms with van der Waals surface area (Å²) in [6, 6.07) is 8.14. The lowest BCUT2D eigenvalue weighted by molar-refractivity contribution is 0.340. The fraction of sp³-hybridized carbons (Fsp3) is 0.400. The van der Waals surface area contributed by atoms with Crippen molar-refractivity contribution in [3.05, 3.63) is 41.6 Å². The highest BCUT2D eigenvalue weighted by Gasteiger charge is 2.03. The molecule has 0 amide bonds. The van der Waals surface area contributed by atoms with Gasteiger partial charge in [0, 0.05) is 24.8 Å². The third-order valence-electron chi connectivity index (χ3n) is 2.96. The average molecular weight is 296 g/mol. The van der Waals surface area contributed by atoms with Crippen LogP contribution in [-0.2, 0) is 13.1 Å². The fourth-order valence-electron chi connectivity index (χ4n) is 1.91. The van der Waals surface area contributed by atoms with E-state index in [1.807, 2.05) is 23.7 Å². The van der Waals surface area contributed by atoms with Crippen LogP contribution in [0, 0.1) is 6.92 Å². The maximum absolute atomic E-state index is 5.42. The second-order valence-corrected chi connectivity index (χ2v) is 4.45. The van der Waals surface area contributed by atoms with Crippen molar-refractivity contribution in [2.45, 2.75) is 33.9 Å². The Morgan fingerprint density at radius 1 is 1.20 bits per heavy atom. The number of aromatic nitrogens is 2. The molecule has 4 nitrogen and oxygen atoms in total. The molecule has 0 saturated carbocycles. The van der Waals surface area contributed by atoms with E-state index >= 15 is 0 Å². The van der Waals surface area contributed by atoms with E-state index in [0.717, 1.165) is 24.7 Å². The van der Waals surface area contributed by atoms with Crippen molar-refractivity contribution >= 4 is 18.2 Å². The summed E-state index contributed by atoms with van der Waals surface area (Å²) in [5.41, 5.74) is 2.39. The van der Waals surface area contributed by atoms with Gasteiger partial charge in [0.2, 0.25) is 0 Å². The van der Waals surface area contributed by atoms with Gasteiger partial charge in [0.15, 0.2) is 5.82 Å². The van der Waals surface area contributed by atoms with Gasteiger partial charge in [0.05, 0.1) is 6.61 Å². The van der Waals surface area contributed by atoms with Gasteiger partial charge in [-0.05, 0) is 38.5 Å². The van der Waals surface area contributed by atoms with Crippen molar-refractivity contribution in [2.24, 2.45) is 0 Å². The molecule has 1 aromatic carbocycles. The molecule has 20 heavy (non-hydrogen) atoms. The van der Waals surface area contributed by atoms with Gasteiger partial charge in [-0.2, -0.15) is 5.10 Å². The Bertz CT molecular complexity index is 522. The van der Waals surface area contributed by atoms with Gasteiger partial charge >= 0.3 is 0 Å². The zero-order valence-electron chi connectivity index (χ0n) is 12.2. The van der Waals surface area contributed by atoms with E-state index in [0.29, 0.717) is 6.61 Å². The molecule has 0 aliphatic heterocycles. The number of hydrogen-bond donors (Lipinski definition) is 1. The highest BCUT2D eigenvalue weighted by Crippen LogP contribution is 2.15. The van der Waals surface area contributed by atoms with Gasteiger partial charge in [0.1, 0.15) is 5.75 Å².